The zero-order valence-corrected chi connectivity index (χ0v) is 12.2. The summed E-state index contributed by atoms with van der Waals surface area (Å²) < 4.78 is 5.25. The fourth-order valence-corrected chi connectivity index (χ4v) is 1.72. The maximum Gasteiger partial charge on any atom is 0.242 e. The highest BCUT2D eigenvalue weighted by molar-refractivity contribution is 6.31. The first kappa shape index (κ1) is 15.4. The van der Waals surface area contributed by atoms with Crippen LogP contribution in [0.4, 0.5) is 5.69 Å². The van der Waals surface area contributed by atoms with E-state index in [2.05, 4.69) is 17.2 Å². The first-order valence-electron chi connectivity index (χ1n) is 5.98. The molecule has 1 aromatic carbocycles. The number of rotatable bonds is 6. The second kappa shape index (κ2) is 7.04. The van der Waals surface area contributed by atoms with Crippen LogP contribution in [0.2, 0.25) is 5.02 Å². The molecule has 0 saturated carbocycles. The number of anilines is 1. The van der Waals surface area contributed by atoms with Crippen LogP contribution in [0, 0.1) is 6.92 Å². The summed E-state index contributed by atoms with van der Waals surface area (Å²) in [6.07, 6.45) is 1.64. The lowest BCUT2D eigenvalue weighted by molar-refractivity contribution is -0.121. The number of benzene rings is 1. The molecule has 4 nitrogen and oxygen atoms in total. The highest BCUT2D eigenvalue weighted by Crippen LogP contribution is 2.31. The predicted molar refractivity (Wildman–Crippen MR) is 79.0 cm³/mol. The summed E-state index contributed by atoms with van der Waals surface area (Å²) in [7, 11) is 1.56. The minimum Gasteiger partial charge on any atom is -0.495 e. The van der Waals surface area contributed by atoms with E-state index < -0.39 is 0 Å². The Morgan fingerprint density at radius 3 is 2.84 bits per heavy atom. The summed E-state index contributed by atoms with van der Waals surface area (Å²) in [5.74, 6) is 0.508. The molecular weight excluding hydrogens is 264 g/mol. The highest BCUT2D eigenvalue weighted by atomic mass is 35.5. The molecule has 1 amide bonds. The van der Waals surface area contributed by atoms with Gasteiger partial charge in [0.2, 0.25) is 5.91 Å². The first-order valence-corrected chi connectivity index (χ1v) is 6.36. The topological polar surface area (TPSA) is 50.4 Å². The van der Waals surface area contributed by atoms with E-state index in [1.807, 2.05) is 13.0 Å². The van der Waals surface area contributed by atoms with Gasteiger partial charge in [0.1, 0.15) is 11.8 Å². The van der Waals surface area contributed by atoms with Crippen LogP contribution < -0.4 is 15.4 Å². The molecule has 0 aliphatic carbocycles. The average Bonchev–Trinajstić information content (AvgIpc) is 2.39. The van der Waals surface area contributed by atoms with E-state index in [0.29, 0.717) is 17.3 Å². The second-order valence-electron chi connectivity index (χ2n) is 4.20. The van der Waals surface area contributed by atoms with Crippen molar-refractivity contribution < 1.29 is 9.53 Å². The van der Waals surface area contributed by atoms with Crippen molar-refractivity contribution in [2.45, 2.75) is 19.9 Å². The second-order valence-corrected chi connectivity index (χ2v) is 4.61. The molecule has 0 saturated heterocycles. The van der Waals surface area contributed by atoms with Crippen LogP contribution in [-0.2, 0) is 4.79 Å². The van der Waals surface area contributed by atoms with Gasteiger partial charge in [-0.1, -0.05) is 17.7 Å². The normalized spacial score (nSPS) is 11.6. The predicted octanol–water partition coefficient (Wildman–Crippen LogP) is 2.76. The largest absolute Gasteiger partial charge is 0.495 e. The summed E-state index contributed by atoms with van der Waals surface area (Å²) in [5, 5.41) is 6.47. The molecular formula is C14H19ClN2O2. The minimum atomic E-state index is -0.380. The quantitative estimate of drug-likeness (QED) is 0.789. The molecule has 0 radical (unpaired) electrons. The van der Waals surface area contributed by atoms with Gasteiger partial charge in [0.15, 0.2) is 0 Å². The van der Waals surface area contributed by atoms with Gasteiger partial charge < -0.3 is 15.4 Å². The fourth-order valence-electron chi connectivity index (χ4n) is 1.57. The van der Waals surface area contributed by atoms with Crippen LogP contribution in [0.3, 0.4) is 0 Å². The Hall–Kier alpha value is -1.68. The first-order chi connectivity index (χ1) is 8.99. The molecule has 1 atom stereocenters. The third-order valence-corrected chi connectivity index (χ3v) is 3.07. The number of amides is 1. The maximum absolute atomic E-state index is 11.8. The lowest BCUT2D eigenvalue weighted by Crippen LogP contribution is -2.37. The van der Waals surface area contributed by atoms with Crippen molar-refractivity contribution in [3.8, 4) is 5.75 Å². The SMILES string of the molecule is C=CCNC(=O)C(C)Nc1cc(C)c(Cl)cc1OC. The summed E-state index contributed by atoms with van der Waals surface area (Å²) in [6, 6.07) is 3.21. The van der Waals surface area contributed by atoms with Crippen molar-refractivity contribution in [1.82, 2.24) is 5.32 Å². The van der Waals surface area contributed by atoms with E-state index in [9.17, 15) is 4.79 Å². The van der Waals surface area contributed by atoms with E-state index in [0.717, 1.165) is 11.3 Å². The van der Waals surface area contributed by atoms with Crippen LogP contribution in [0.5, 0.6) is 5.75 Å². The molecule has 2 N–H and O–H groups in total. The van der Waals surface area contributed by atoms with E-state index in [1.165, 1.54) is 0 Å². The van der Waals surface area contributed by atoms with Crippen molar-refractivity contribution in [3.05, 3.63) is 35.4 Å². The van der Waals surface area contributed by atoms with Crippen molar-refractivity contribution in [2.24, 2.45) is 0 Å². The number of nitrogens with one attached hydrogen (secondary N) is 2. The van der Waals surface area contributed by atoms with Gasteiger partial charge in [0.05, 0.1) is 12.8 Å². The van der Waals surface area contributed by atoms with E-state index >= 15 is 0 Å². The number of methoxy groups -OCH3 is 1. The summed E-state index contributed by atoms with van der Waals surface area (Å²) in [6.45, 7) is 7.68. The number of halogens is 1. The van der Waals surface area contributed by atoms with Gasteiger partial charge in [-0.15, -0.1) is 6.58 Å². The molecule has 1 unspecified atom stereocenters. The molecule has 0 spiro atoms. The van der Waals surface area contributed by atoms with E-state index in [-0.39, 0.29) is 11.9 Å². The van der Waals surface area contributed by atoms with Crippen molar-refractivity contribution in [2.75, 3.05) is 19.0 Å². The molecule has 0 aliphatic rings. The van der Waals surface area contributed by atoms with Gasteiger partial charge in [-0.2, -0.15) is 0 Å². The van der Waals surface area contributed by atoms with Gasteiger partial charge >= 0.3 is 0 Å². The molecule has 0 aliphatic heterocycles. The van der Waals surface area contributed by atoms with Gasteiger partial charge in [-0.3, -0.25) is 4.79 Å². The smallest absolute Gasteiger partial charge is 0.242 e. The Morgan fingerprint density at radius 2 is 2.26 bits per heavy atom. The van der Waals surface area contributed by atoms with Crippen LogP contribution in [0.25, 0.3) is 0 Å². The van der Waals surface area contributed by atoms with Crippen molar-refractivity contribution in [1.29, 1.82) is 0 Å². The molecule has 104 valence electrons. The molecule has 1 rings (SSSR count). The highest BCUT2D eigenvalue weighted by Gasteiger charge is 2.14. The van der Waals surface area contributed by atoms with Crippen molar-refractivity contribution in [3.63, 3.8) is 0 Å². The van der Waals surface area contributed by atoms with Crippen LogP contribution in [0.15, 0.2) is 24.8 Å². The standard InChI is InChI=1S/C14H19ClN2O2/c1-5-6-16-14(18)10(3)17-12-7-9(2)11(15)8-13(12)19-4/h5,7-8,10,17H,1,6H2,2-4H3,(H,16,18). The summed E-state index contributed by atoms with van der Waals surface area (Å²) in [5.41, 5.74) is 1.66. The Balaban J connectivity index is 2.83. The molecule has 0 aromatic heterocycles. The summed E-state index contributed by atoms with van der Waals surface area (Å²) in [4.78, 5) is 11.8. The lowest BCUT2D eigenvalue weighted by atomic mass is 10.2. The zero-order valence-electron chi connectivity index (χ0n) is 11.4. The van der Waals surface area contributed by atoms with Gasteiger partial charge in [0.25, 0.3) is 0 Å². The number of carbonyl (C=O) groups is 1. The number of hydrogen-bond acceptors (Lipinski definition) is 3. The Kier molecular flexibility index (Phi) is 5.70. The van der Waals surface area contributed by atoms with Gasteiger partial charge in [-0.05, 0) is 25.5 Å². The Labute approximate surface area is 118 Å². The van der Waals surface area contributed by atoms with Crippen LogP contribution in [0.1, 0.15) is 12.5 Å². The zero-order chi connectivity index (χ0) is 14.4. The lowest BCUT2D eigenvalue weighted by Gasteiger charge is -2.18. The van der Waals surface area contributed by atoms with E-state index in [1.54, 1.807) is 26.2 Å². The van der Waals surface area contributed by atoms with E-state index in [4.69, 9.17) is 16.3 Å². The fraction of sp³-hybridized carbons (Fsp3) is 0.357. The molecule has 0 fully saturated rings. The number of ether oxygens (including phenoxy) is 1. The monoisotopic (exact) mass is 282 g/mol. The number of aryl methyl sites for hydroxylation is 1. The molecule has 5 heteroatoms. The van der Waals surface area contributed by atoms with Gasteiger partial charge in [0, 0.05) is 17.6 Å². The Morgan fingerprint density at radius 1 is 1.58 bits per heavy atom. The minimum absolute atomic E-state index is 0.102. The molecule has 19 heavy (non-hydrogen) atoms. The summed E-state index contributed by atoms with van der Waals surface area (Å²) >= 11 is 6.03. The number of carbonyl (C=O) groups excluding carboxylic acids is 1. The van der Waals surface area contributed by atoms with Crippen LogP contribution in [-0.4, -0.2) is 25.6 Å². The Bertz CT molecular complexity index is 475. The number of hydrogen-bond donors (Lipinski definition) is 2. The average molecular weight is 283 g/mol. The van der Waals surface area contributed by atoms with Gasteiger partial charge in [-0.25, -0.2) is 0 Å². The molecule has 0 heterocycles. The molecule has 1 aromatic rings. The van der Waals surface area contributed by atoms with Crippen molar-refractivity contribution >= 4 is 23.2 Å². The van der Waals surface area contributed by atoms with Crippen LogP contribution >= 0.6 is 11.6 Å². The third kappa shape index (κ3) is 4.17. The third-order valence-electron chi connectivity index (χ3n) is 2.67. The molecule has 0 bridgehead atoms. The maximum atomic E-state index is 11.8.